The lowest BCUT2D eigenvalue weighted by Crippen LogP contribution is -2.44. The van der Waals surface area contributed by atoms with Gasteiger partial charge in [-0.3, -0.25) is 19.4 Å². The average Bonchev–Trinajstić information content (AvgIpc) is 3.36. The van der Waals surface area contributed by atoms with Crippen molar-refractivity contribution in [1.29, 1.82) is 0 Å². The van der Waals surface area contributed by atoms with E-state index in [0.29, 0.717) is 11.4 Å². The Bertz CT molecular complexity index is 1400. The van der Waals surface area contributed by atoms with E-state index in [-0.39, 0.29) is 11.3 Å². The van der Waals surface area contributed by atoms with E-state index < -0.39 is 41.6 Å². The minimum Gasteiger partial charge on any atom is -0.495 e. The van der Waals surface area contributed by atoms with Crippen molar-refractivity contribution in [3.63, 3.8) is 0 Å². The van der Waals surface area contributed by atoms with Crippen molar-refractivity contribution in [3.8, 4) is 5.75 Å². The second-order valence-electron chi connectivity index (χ2n) is 8.75. The fourth-order valence-electron chi connectivity index (χ4n) is 5.51. The molecule has 0 saturated carbocycles. The number of methoxy groups -OCH3 is 1. The van der Waals surface area contributed by atoms with E-state index >= 15 is 0 Å². The molecule has 0 aromatic heterocycles. The predicted octanol–water partition coefficient (Wildman–Crippen LogP) is 3.60. The molecule has 8 heteroatoms. The fraction of sp³-hybridized carbons (Fsp3) is 0.185. The molecule has 2 fully saturated rings. The van der Waals surface area contributed by atoms with Gasteiger partial charge in [0.05, 0.1) is 36.9 Å². The largest absolute Gasteiger partial charge is 0.495 e. The van der Waals surface area contributed by atoms with Gasteiger partial charge < -0.3 is 4.74 Å². The first kappa shape index (κ1) is 21.2. The second kappa shape index (κ2) is 7.87. The Morgan fingerprint density at radius 2 is 1.60 bits per heavy atom. The van der Waals surface area contributed by atoms with Gasteiger partial charge in [-0.05, 0) is 47.5 Å². The molecule has 3 aliphatic heterocycles. The molecule has 0 spiro atoms. The maximum atomic E-state index is 13.9. The van der Waals surface area contributed by atoms with Gasteiger partial charge >= 0.3 is 0 Å². The van der Waals surface area contributed by atoms with Gasteiger partial charge in [-0.25, -0.2) is 9.29 Å². The molecule has 0 bridgehead atoms. The summed E-state index contributed by atoms with van der Waals surface area (Å²) in [4.78, 5) is 42.6. The number of benzene rings is 3. The van der Waals surface area contributed by atoms with Gasteiger partial charge in [-0.1, -0.05) is 36.4 Å². The summed E-state index contributed by atoms with van der Waals surface area (Å²) in [5, 5.41) is 6.11. The van der Waals surface area contributed by atoms with Crippen LogP contribution in [0.2, 0.25) is 0 Å². The van der Waals surface area contributed by atoms with E-state index in [0.717, 1.165) is 16.0 Å². The molecule has 3 aromatic rings. The molecule has 7 nitrogen and oxygen atoms in total. The summed E-state index contributed by atoms with van der Waals surface area (Å²) >= 11 is 0. The van der Waals surface area contributed by atoms with Crippen LogP contribution >= 0.6 is 0 Å². The summed E-state index contributed by atoms with van der Waals surface area (Å²) in [6.07, 6.45) is 1.64. The first-order chi connectivity index (χ1) is 17.0. The van der Waals surface area contributed by atoms with E-state index in [1.54, 1.807) is 35.5 Å². The van der Waals surface area contributed by atoms with E-state index in [1.807, 2.05) is 24.3 Å². The molecule has 0 N–H and O–H groups in total. The van der Waals surface area contributed by atoms with E-state index in [4.69, 9.17) is 4.74 Å². The van der Waals surface area contributed by atoms with Crippen molar-refractivity contribution in [2.24, 2.45) is 16.9 Å². The highest BCUT2D eigenvalue weighted by Crippen LogP contribution is 2.53. The standard InChI is InChI=1S/C27H20FN3O4/c1-35-20-9-5-4-8-19(20)30-26(33)21-22(27(30)34)24(25(32)15-10-12-17(28)13-11-15)31-23(21)18-7-3-2-6-16(18)14-29-31/h2-14,21-24H,1H3/t21-,22+,23+,24-/m1/s1. The van der Waals surface area contributed by atoms with Gasteiger partial charge in [0, 0.05) is 5.56 Å². The Morgan fingerprint density at radius 3 is 2.37 bits per heavy atom. The van der Waals surface area contributed by atoms with Crippen LogP contribution in [-0.2, 0) is 9.59 Å². The minimum atomic E-state index is -1.02. The van der Waals surface area contributed by atoms with Crippen molar-refractivity contribution in [1.82, 2.24) is 5.01 Å². The monoisotopic (exact) mass is 469 g/mol. The molecule has 174 valence electrons. The van der Waals surface area contributed by atoms with Crippen molar-refractivity contribution >= 4 is 29.5 Å². The molecule has 0 unspecified atom stereocenters. The molecular formula is C27H20FN3O4. The SMILES string of the molecule is COc1ccccc1N1C(=O)[C@@H]2[C@H](C1=O)[C@H](C(=O)c1ccc(F)cc1)N1N=Cc3ccccc3[C@@H]21. The number of fused-ring (bicyclic) bond motifs is 5. The highest BCUT2D eigenvalue weighted by atomic mass is 19.1. The average molecular weight is 469 g/mol. The van der Waals surface area contributed by atoms with Gasteiger partial charge in [0.2, 0.25) is 11.8 Å². The zero-order chi connectivity index (χ0) is 24.3. The number of hydrogen-bond donors (Lipinski definition) is 0. The maximum Gasteiger partial charge on any atom is 0.240 e. The molecule has 3 heterocycles. The highest BCUT2D eigenvalue weighted by Gasteiger charge is 2.65. The molecule has 3 aromatic carbocycles. The van der Waals surface area contributed by atoms with E-state index in [9.17, 15) is 18.8 Å². The van der Waals surface area contributed by atoms with Crippen LogP contribution in [0.1, 0.15) is 27.5 Å². The van der Waals surface area contributed by atoms with Crippen molar-refractivity contribution < 1.29 is 23.5 Å². The summed E-state index contributed by atoms with van der Waals surface area (Å²) in [5.41, 5.74) is 2.25. The molecule has 3 aliphatic rings. The highest BCUT2D eigenvalue weighted by molar-refractivity contribution is 6.25. The number of carbonyl (C=O) groups excluding carboxylic acids is 3. The van der Waals surface area contributed by atoms with Crippen LogP contribution in [0.25, 0.3) is 0 Å². The normalized spacial score (nSPS) is 24.3. The number of Topliss-reactive ketones (excluding diaryl/α,β-unsaturated/α-hetero) is 1. The Morgan fingerprint density at radius 1 is 0.914 bits per heavy atom. The smallest absolute Gasteiger partial charge is 0.240 e. The van der Waals surface area contributed by atoms with E-state index in [2.05, 4.69) is 5.10 Å². The first-order valence-corrected chi connectivity index (χ1v) is 11.2. The summed E-state index contributed by atoms with van der Waals surface area (Å²) in [6.45, 7) is 0. The zero-order valence-corrected chi connectivity index (χ0v) is 18.7. The molecule has 6 rings (SSSR count). The number of halogens is 1. The maximum absolute atomic E-state index is 13.9. The van der Waals surface area contributed by atoms with Crippen LogP contribution in [0.5, 0.6) is 5.75 Å². The van der Waals surface area contributed by atoms with Gasteiger partial charge in [0.25, 0.3) is 0 Å². The number of hydrazone groups is 1. The van der Waals surface area contributed by atoms with Gasteiger partial charge in [0.1, 0.15) is 17.6 Å². The zero-order valence-electron chi connectivity index (χ0n) is 18.7. The first-order valence-electron chi connectivity index (χ1n) is 11.2. The third-order valence-electron chi connectivity index (χ3n) is 7.02. The van der Waals surface area contributed by atoms with Gasteiger partial charge in [-0.15, -0.1) is 0 Å². The van der Waals surface area contributed by atoms with Gasteiger partial charge in [0.15, 0.2) is 5.78 Å². The van der Waals surface area contributed by atoms with Crippen molar-refractivity contribution in [3.05, 3.63) is 95.3 Å². The van der Waals surface area contributed by atoms with Crippen LogP contribution in [0.15, 0.2) is 77.9 Å². The lowest BCUT2D eigenvalue weighted by molar-refractivity contribution is -0.124. The lowest BCUT2D eigenvalue weighted by Gasteiger charge is -2.33. The molecule has 2 amide bonds. The molecule has 35 heavy (non-hydrogen) atoms. The second-order valence-corrected chi connectivity index (χ2v) is 8.75. The number of para-hydroxylation sites is 2. The van der Waals surface area contributed by atoms with Crippen LogP contribution in [0.3, 0.4) is 0 Å². The molecule has 0 aliphatic carbocycles. The van der Waals surface area contributed by atoms with Crippen LogP contribution in [0, 0.1) is 17.7 Å². The van der Waals surface area contributed by atoms with E-state index in [1.165, 1.54) is 31.4 Å². The number of imide groups is 1. The number of rotatable bonds is 4. The topological polar surface area (TPSA) is 79.3 Å². The third-order valence-corrected chi connectivity index (χ3v) is 7.02. The Hall–Kier alpha value is -4.33. The number of anilines is 1. The number of hydrogen-bond acceptors (Lipinski definition) is 6. The summed E-state index contributed by atoms with van der Waals surface area (Å²) in [6, 6.07) is 17.9. The predicted molar refractivity (Wildman–Crippen MR) is 126 cm³/mol. The summed E-state index contributed by atoms with van der Waals surface area (Å²) < 4.78 is 18.9. The molecule has 2 saturated heterocycles. The lowest BCUT2D eigenvalue weighted by atomic mass is 9.83. The van der Waals surface area contributed by atoms with Crippen LogP contribution < -0.4 is 9.64 Å². The molecular weight excluding hydrogens is 449 g/mol. The third kappa shape index (κ3) is 3.02. The summed E-state index contributed by atoms with van der Waals surface area (Å²) in [5.74, 6) is -3.13. The number of carbonyl (C=O) groups is 3. The number of ether oxygens (including phenoxy) is 1. The Balaban J connectivity index is 1.51. The van der Waals surface area contributed by atoms with Crippen LogP contribution in [0.4, 0.5) is 10.1 Å². The molecule has 0 radical (unpaired) electrons. The minimum absolute atomic E-state index is 0.251. The van der Waals surface area contributed by atoms with Crippen LogP contribution in [-0.4, -0.2) is 42.0 Å². The Kier molecular flexibility index (Phi) is 4.77. The van der Waals surface area contributed by atoms with Crippen molar-refractivity contribution in [2.45, 2.75) is 12.1 Å². The molecule has 4 atom stereocenters. The number of amides is 2. The van der Waals surface area contributed by atoms with Gasteiger partial charge in [-0.2, -0.15) is 5.10 Å². The fourth-order valence-corrected chi connectivity index (χ4v) is 5.51. The quantitative estimate of drug-likeness (QED) is 0.431. The number of ketones is 1. The number of nitrogens with zero attached hydrogens (tertiary/aromatic N) is 3. The summed E-state index contributed by atoms with van der Waals surface area (Å²) in [7, 11) is 1.47. The van der Waals surface area contributed by atoms with Crippen molar-refractivity contribution in [2.75, 3.05) is 12.0 Å². The Labute approximate surface area is 200 Å².